The van der Waals surface area contributed by atoms with Gasteiger partial charge in [-0.3, -0.25) is 4.79 Å². The number of ether oxygens (including phenoxy) is 1. The summed E-state index contributed by atoms with van der Waals surface area (Å²) in [6.07, 6.45) is 3.76. The molecule has 2 nitrogen and oxygen atoms in total. The lowest BCUT2D eigenvalue weighted by Gasteiger charge is -2.14. The summed E-state index contributed by atoms with van der Waals surface area (Å²) in [6, 6.07) is 0. The molecule has 0 aliphatic rings. The third-order valence-electron chi connectivity index (χ3n) is 2.16. The fourth-order valence-electron chi connectivity index (χ4n) is 1.36. The van der Waals surface area contributed by atoms with E-state index >= 15 is 0 Å². The van der Waals surface area contributed by atoms with Crippen LogP contribution in [-0.4, -0.2) is 17.4 Å². The Morgan fingerprint density at radius 2 is 2.06 bits per heavy atom. The van der Waals surface area contributed by atoms with Crippen molar-refractivity contribution in [2.75, 3.05) is 5.33 Å². The number of halogens is 1. The first-order valence-corrected chi connectivity index (χ1v) is 7.46. The molecule has 98 valence electrons. The van der Waals surface area contributed by atoms with Crippen LogP contribution in [0.15, 0.2) is 0 Å². The van der Waals surface area contributed by atoms with E-state index in [0.29, 0.717) is 12.3 Å². The van der Waals surface area contributed by atoms with Crippen LogP contribution in [0.2, 0.25) is 0 Å². The number of unbranched alkanes of at least 4 members (excludes halogenated alkanes) is 1. The van der Waals surface area contributed by atoms with E-state index in [1.54, 1.807) is 0 Å². The molecule has 1 atom stereocenters. The minimum atomic E-state index is -0.230. The molecule has 0 fully saturated rings. The van der Waals surface area contributed by atoms with Crippen molar-refractivity contribution in [1.82, 2.24) is 0 Å². The highest BCUT2D eigenvalue weighted by atomic mass is 79.9. The van der Waals surface area contributed by atoms with Gasteiger partial charge in [-0.05, 0) is 25.2 Å². The zero-order chi connectivity index (χ0) is 13.1. The Morgan fingerprint density at radius 3 is 2.59 bits per heavy atom. The second-order valence-electron chi connectivity index (χ2n) is 4.43. The molecule has 0 aromatic rings. The van der Waals surface area contributed by atoms with Crippen LogP contribution < -0.4 is 0 Å². The zero-order valence-electron chi connectivity index (χ0n) is 11.1. The summed E-state index contributed by atoms with van der Waals surface area (Å²) in [7, 11) is 0. The van der Waals surface area contributed by atoms with Crippen LogP contribution in [0.4, 0.5) is 0 Å². The number of esters is 1. The molecular formula is C14H23BrO2. The Hall–Kier alpha value is -0.490. The molecule has 0 saturated heterocycles. The Labute approximate surface area is 114 Å². The van der Waals surface area contributed by atoms with Crippen molar-refractivity contribution < 1.29 is 9.53 Å². The monoisotopic (exact) mass is 302 g/mol. The second-order valence-corrected chi connectivity index (χ2v) is 5.22. The average Bonchev–Trinajstić information content (AvgIpc) is 2.25. The van der Waals surface area contributed by atoms with Crippen LogP contribution in [-0.2, 0) is 9.53 Å². The molecule has 0 saturated carbocycles. The number of hydrogen-bond acceptors (Lipinski definition) is 2. The van der Waals surface area contributed by atoms with E-state index in [-0.39, 0.29) is 12.1 Å². The van der Waals surface area contributed by atoms with Crippen LogP contribution in [0.5, 0.6) is 0 Å². The lowest BCUT2D eigenvalue weighted by molar-refractivity contribution is -0.147. The molecule has 0 N–H and O–H groups in total. The first-order valence-electron chi connectivity index (χ1n) is 6.34. The highest BCUT2D eigenvalue weighted by molar-refractivity contribution is 9.09. The molecule has 0 spiro atoms. The van der Waals surface area contributed by atoms with Gasteiger partial charge in [-0.15, -0.1) is 0 Å². The largest absolute Gasteiger partial charge is 0.449 e. The first kappa shape index (κ1) is 16.5. The zero-order valence-corrected chi connectivity index (χ0v) is 12.7. The molecule has 0 amide bonds. The maximum absolute atomic E-state index is 11.6. The van der Waals surface area contributed by atoms with Crippen molar-refractivity contribution in [3.8, 4) is 11.8 Å². The SMILES string of the molecule is CCC#CC(CC(C)C)OC(=O)CCCCBr. The van der Waals surface area contributed by atoms with E-state index in [1.807, 2.05) is 6.92 Å². The molecule has 0 rings (SSSR count). The van der Waals surface area contributed by atoms with Crippen LogP contribution in [0.25, 0.3) is 0 Å². The maximum atomic E-state index is 11.6. The summed E-state index contributed by atoms with van der Waals surface area (Å²) >= 11 is 3.34. The van der Waals surface area contributed by atoms with Crippen LogP contribution >= 0.6 is 15.9 Å². The Kier molecular flexibility index (Phi) is 10.3. The predicted octanol–water partition coefficient (Wildman–Crippen LogP) is 3.92. The summed E-state index contributed by atoms with van der Waals surface area (Å²) in [5, 5.41) is 0.936. The lowest BCUT2D eigenvalue weighted by Crippen LogP contribution is -2.18. The summed E-state index contributed by atoms with van der Waals surface area (Å²) in [6.45, 7) is 6.22. The third kappa shape index (κ3) is 10.4. The van der Waals surface area contributed by atoms with Gasteiger partial charge in [0, 0.05) is 18.2 Å². The van der Waals surface area contributed by atoms with E-state index < -0.39 is 0 Å². The third-order valence-corrected chi connectivity index (χ3v) is 2.72. The van der Waals surface area contributed by atoms with Crippen molar-refractivity contribution >= 4 is 21.9 Å². The van der Waals surface area contributed by atoms with E-state index in [2.05, 4.69) is 41.6 Å². The normalized spacial score (nSPS) is 11.8. The van der Waals surface area contributed by atoms with E-state index in [9.17, 15) is 4.79 Å². The van der Waals surface area contributed by atoms with Gasteiger partial charge in [0.15, 0.2) is 6.10 Å². The van der Waals surface area contributed by atoms with Crippen LogP contribution in [0.3, 0.4) is 0 Å². The van der Waals surface area contributed by atoms with E-state index in [1.165, 1.54) is 0 Å². The van der Waals surface area contributed by atoms with E-state index in [4.69, 9.17) is 4.74 Å². The van der Waals surface area contributed by atoms with Gasteiger partial charge in [-0.25, -0.2) is 0 Å². The van der Waals surface area contributed by atoms with Gasteiger partial charge in [0.05, 0.1) is 0 Å². The topological polar surface area (TPSA) is 26.3 Å². The Morgan fingerprint density at radius 1 is 1.35 bits per heavy atom. The van der Waals surface area contributed by atoms with Gasteiger partial charge in [0.1, 0.15) is 0 Å². The van der Waals surface area contributed by atoms with Gasteiger partial charge in [-0.1, -0.05) is 48.5 Å². The molecule has 0 aromatic carbocycles. The summed E-state index contributed by atoms with van der Waals surface area (Å²) < 4.78 is 5.38. The summed E-state index contributed by atoms with van der Waals surface area (Å²) in [5.41, 5.74) is 0. The van der Waals surface area contributed by atoms with Crippen LogP contribution in [0.1, 0.15) is 52.9 Å². The summed E-state index contributed by atoms with van der Waals surface area (Å²) in [4.78, 5) is 11.6. The van der Waals surface area contributed by atoms with Crippen molar-refractivity contribution in [2.45, 2.75) is 59.0 Å². The van der Waals surface area contributed by atoms with Crippen molar-refractivity contribution in [1.29, 1.82) is 0 Å². The van der Waals surface area contributed by atoms with Gasteiger partial charge in [-0.2, -0.15) is 0 Å². The van der Waals surface area contributed by atoms with Crippen LogP contribution in [0, 0.1) is 17.8 Å². The smallest absolute Gasteiger partial charge is 0.307 e. The minimum absolute atomic E-state index is 0.123. The molecule has 3 heteroatoms. The molecule has 1 unspecified atom stereocenters. The molecule has 0 aliphatic heterocycles. The number of carbonyl (C=O) groups is 1. The van der Waals surface area contributed by atoms with Crippen molar-refractivity contribution in [2.24, 2.45) is 5.92 Å². The molecule has 0 aliphatic carbocycles. The molecular weight excluding hydrogens is 280 g/mol. The maximum Gasteiger partial charge on any atom is 0.307 e. The van der Waals surface area contributed by atoms with E-state index in [0.717, 1.165) is 31.0 Å². The lowest BCUT2D eigenvalue weighted by atomic mass is 10.1. The Bertz CT molecular complexity index is 263. The standard InChI is InChI=1S/C14H23BrO2/c1-4-5-8-13(11-12(2)3)17-14(16)9-6-7-10-15/h12-13H,4,6-7,9-11H2,1-3H3. The summed E-state index contributed by atoms with van der Waals surface area (Å²) in [5.74, 6) is 6.38. The van der Waals surface area contributed by atoms with Crippen molar-refractivity contribution in [3.63, 3.8) is 0 Å². The molecule has 0 aromatic heterocycles. The fraction of sp³-hybridized carbons (Fsp3) is 0.786. The van der Waals surface area contributed by atoms with Gasteiger partial charge in [0.25, 0.3) is 0 Å². The molecule has 0 heterocycles. The number of hydrogen-bond donors (Lipinski definition) is 0. The Balaban J connectivity index is 4.08. The molecule has 0 bridgehead atoms. The van der Waals surface area contributed by atoms with Crippen molar-refractivity contribution in [3.05, 3.63) is 0 Å². The fourth-order valence-corrected chi connectivity index (χ4v) is 1.76. The van der Waals surface area contributed by atoms with Gasteiger partial charge in [0.2, 0.25) is 0 Å². The molecule has 17 heavy (non-hydrogen) atoms. The van der Waals surface area contributed by atoms with Gasteiger partial charge < -0.3 is 4.74 Å². The highest BCUT2D eigenvalue weighted by Crippen LogP contribution is 2.10. The molecule has 0 radical (unpaired) electrons. The number of carbonyl (C=O) groups excluding carboxylic acids is 1. The quantitative estimate of drug-likeness (QED) is 0.308. The number of rotatable bonds is 7. The minimum Gasteiger partial charge on any atom is -0.449 e. The number of alkyl halides is 1. The highest BCUT2D eigenvalue weighted by Gasteiger charge is 2.13. The predicted molar refractivity (Wildman–Crippen MR) is 75.0 cm³/mol. The average molecular weight is 303 g/mol. The second kappa shape index (κ2) is 10.7. The van der Waals surface area contributed by atoms with Gasteiger partial charge >= 0.3 is 5.97 Å². The first-order chi connectivity index (χ1) is 8.10.